The van der Waals surface area contributed by atoms with Crippen molar-refractivity contribution in [3.63, 3.8) is 0 Å². The number of rotatable bonds is 3. The summed E-state index contributed by atoms with van der Waals surface area (Å²) < 4.78 is 13.6. The highest BCUT2D eigenvalue weighted by atomic mass is 79.9. The lowest BCUT2D eigenvalue weighted by atomic mass is 9.85. The van der Waals surface area contributed by atoms with E-state index in [9.17, 15) is 9.18 Å². The van der Waals surface area contributed by atoms with Gasteiger partial charge in [0.2, 0.25) is 5.91 Å². The molecule has 20 heavy (non-hydrogen) atoms. The molecule has 0 aromatic heterocycles. The first-order chi connectivity index (χ1) is 9.36. The molecule has 0 saturated heterocycles. The normalized spacial score (nSPS) is 16.9. The summed E-state index contributed by atoms with van der Waals surface area (Å²) in [7, 11) is 0. The highest BCUT2D eigenvalue weighted by Gasteiger charge is 2.44. The lowest BCUT2D eigenvalue weighted by molar-refractivity contribution is -0.122. The van der Waals surface area contributed by atoms with Crippen molar-refractivity contribution in [3.8, 4) is 0 Å². The lowest BCUT2D eigenvalue weighted by Gasteiger charge is -2.26. The van der Waals surface area contributed by atoms with Gasteiger partial charge >= 0.3 is 0 Å². The third kappa shape index (κ3) is 2.82. The van der Waals surface area contributed by atoms with Crippen LogP contribution in [0.3, 0.4) is 0 Å². The van der Waals surface area contributed by atoms with Crippen molar-refractivity contribution in [2.45, 2.75) is 25.7 Å². The molecule has 3 nitrogen and oxygen atoms in total. The molecule has 7 heteroatoms. The van der Waals surface area contributed by atoms with Crippen LogP contribution in [0.5, 0.6) is 0 Å². The van der Waals surface area contributed by atoms with Crippen LogP contribution in [0.4, 0.5) is 10.1 Å². The molecule has 0 radical (unpaired) electrons. The van der Waals surface area contributed by atoms with E-state index < -0.39 is 11.2 Å². The number of hydrogen-bond donors (Lipinski definition) is 2. The van der Waals surface area contributed by atoms with Crippen LogP contribution in [-0.4, -0.2) is 10.9 Å². The van der Waals surface area contributed by atoms with E-state index in [1.807, 2.05) is 0 Å². The van der Waals surface area contributed by atoms with Crippen LogP contribution in [0.2, 0.25) is 5.02 Å². The topological polar surface area (TPSA) is 55.1 Å². The molecule has 0 atom stereocenters. The number of amides is 1. The van der Waals surface area contributed by atoms with Crippen molar-refractivity contribution in [2.75, 3.05) is 5.32 Å². The zero-order valence-electron chi connectivity index (χ0n) is 10.5. The number of nitrogens with one attached hydrogen (secondary N) is 1. The molecule has 0 spiro atoms. The largest absolute Gasteiger partial charge is 0.392 e. The molecular formula is C13H13BrClFN2OS. The fourth-order valence-corrected chi connectivity index (χ4v) is 3.65. The van der Waals surface area contributed by atoms with Crippen molar-refractivity contribution in [1.82, 2.24) is 0 Å². The van der Waals surface area contributed by atoms with Gasteiger partial charge in [-0.15, -0.1) is 0 Å². The van der Waals surface area contributed by atoms with Gasteiger partial charge in [0.05, 0.1) is 21.1 Å². The number of benzene rings is 1. The zero-order valence-corrected chi connectivity index (χ0v) is 13.7. The Morgan fingerprint density at radius 1 is 1.45 bits per heavy atom. The van der Waals surface area contributed by atoms with Gasteiger partial charge in [-0.1, -0.05) is 36.7 Å². The first-order valence-electron chi connectivity index (χ1n) is 6.13. The fourth-order valence-electron chi connectivity index (χ4n) is 2.46. The molecule has 1 aliphatic carbocycles. The standard InChI is InChI=1S/C13H13BrClFN2OS/c14-8-5-7(16)6-9(15)10(8)18-12(19)13(11(17)20)3-1-2-4-13/h5-6H,1-4H2,(H2,17,20)(H,18,19). The molecule has 0 unspecified atom stereocenters. The summed E-state index contributed by atoms with van der Waals surface area (Å²) in [5.74, 6) is -0.762. The number of thiocarbonyl (C=S) groups is 1. The van der Waals surface area contributed by atoms with Gasteiger partial charge < -0.3 is 11.1 Å². The van der Waals surface area contributed by atoms with Crippen LogP contribution < -0.4 is 11.1 Å². The number of carbonyl (C=O) groups is 1. The Hall–Kier alpha value is -0.720. The smallest absolute Gasteiger partial charge is 0.237 e. The summed E-state index contributed by atoms with van der Waals surface area (Å²) in [6.07, 6.45) is 3.07. The van der Waals surface area contributed by atoms with Gasteiger partial charge in [-0.2, -0.15) is 0 Å². The molecule has 0 aliphatic heterocycles. The molecule has 1 aromatic rings. The minimum absolute atomic E-state index is 0.126. The Balaban J connectivity index is 2.30. The maximum absolute atomic E-state index is 13.2. The Labute approximate surface area is 135 Å². The summed E-state index contributed by atoms with van der Waals surface area (Å²) in [4.78, 5) is 12.7. The van der Waals surface area contributed by atoms with E-state index in [-0.39, 0.29) is 15.9 Å². The van der Waals surface area contributed by atoms with Gasteiger partial charge in [-0.25, -0.2) is 4.39 Å². The Kier molecular flexibility index (Phi) is 4.66. The molecular weight excluding hydrogens is 367 g/mol. The summed E-state index contributed by atoms with van der Waals surface area (Å²) in [5.41, 5.74) is 5.26. The predicted octanol–water partition coefficient (Wildman–Crippen LogP) is 4.03. The van der Waals surface area contributed by atoms with Crippen LogP contribution in [0.15, 0.2) is 16.6 Å². The average molecular weight is 380 g/mol. The van der Waals surface area contributed by atoms with Crippen LogP contribution in [0.25, 0.3) is 0 Å². The summed E-state index contributed by atoms with van der Waals surface area (Å²) in [5, 5.41) is 2.84. The van der Waals surface area contributed by atoms with Crippen molar-refractivity contribution in [1.29, 1.82) is 0 Å². The van der Waals surface area contributed by atoms with Crippen LogP contribution in [0.1, 0.15) is 25.7 Å². The minimum Gasteiger partial charge on any atom is -0.392 e. The van der Waals surface area contributed by atoms with E-state index in [1.54, 1.807) is 0 Å². The molecule has 1 amide bonds. The highest BCUT2D eigenvalue weighted by Crippen LogP contribution is 2.41. The number of hydrogen-bond acceptors (Lipinski definition) is 2. The van der Waals surface area contributed by atoms with Gasteiger partial charge in [0, 0.05) is 4.47 Å². The molecule has 1 aliphatic rings. The van der Waals surface area contributed by atoms with E-state index in [1.165, 1.54) is 6.07 Å². The van der Waals surface area contributed by atoms with E-state index in [0.29, 0.717) is 23.0 Å². The van der Waals surface area contributed by atoms with Crippen molar-refractivity contribution >= 4 is 56.3 Å². The maximum Gasteiger partial charge on any atom is 0.237 e. The Morgan fingerprint density at radius 2 is 2.05 bits per heavy atom. The van der Waals surface area contributed by atoms with Crippen molar-refractivity contribution in [3.05, 3.63) is 27.4 Å². The van der Waals surface area contributed by atoms with Gasteiger partial charge in [0.15, 0.2) is 0 Å². The second kappa shape index (κ2) is 5.95. The Morgan fingerprint density at radius 3 is 2.55 bits per heavy atom. The van der Waals surface area contributed by atoms with Crippen molar-refractivity contribution < 1.29 is 9.18 Å². The quantitative estimate of drug-likeness (QED) is 0.780. The first-order valence-corrected chi connectivity index (χ1v) is 7.70. The third-order valence-electron chi connectivity index (χ3n) is 3.61. The van der Waals surface area contributed by atoms with Gasteiger partial charge in [-0.05, 0) is 40.9 Å². The zero-order chi connectivity index (χ0) is 14.9. The molecule has 0 heterocycles. The Bertz CT molecular complexity index is 552. The summed E-state index contributed by atoms with van der Waals surface area (Å²) in [6, 6.07) is 2.38. The molecule has 3 N–H and O–H groups in total. The molecule has 1 fully saturated rings. The first kappa shape index (κ1) is 15.7. The van der Waals surface area contributed by atoms with Crippen molar-refractivity contribution in [2.24, 2.45) is 11.1 Å². The summed E-state index contributed by atoms with van der Waals surface area (Å²) >= 11 is 14.2. The van der Waals surface area contributed by atoms with Gasteiger partial charge in [-0.3, -0.25) is 4.79 Å². The second-order valence-electron chi connectivity index (χ2n) is 4.85. The number of nitrogens with two attached hydrogens (primary N) is 1. The number of anilines is 1. The monoisotopic (exact) mass is 378 g/mol. The molecule has 1 saturated carbocycles. The number of carbonyl (C=O) groups excluding carboxylic acids is 1. The summed E-state index contributed by atoms with van der Waals surface area (Å²) in [6.45, 7) is 0. The molecule has 1 aromatic carbocycles. The fraction of sp³-hybridized carbons (Fsp3) is 0.385. The average Bonchev–Trinajstić information content (AvgIpc) is 2.83. The van der Waals surface area contributed by atoms with Crippen LogP contribution >= 0.6 is 39.7 Å². The van der Waals surface area contributed by atoms with Gasteiger partial charge in [0.25, 0.3) is 0 Å². The minimum atomic E-state index is -0.827. The predicted molar refractivity (Wildman–Crippen MR) is 85.4 cm³/mol. The lowest BCUT2D eigenvalue weighted by Crippen LogP contribution is -2.44. The molecule has 108 valence electrons. The third-order valence-corrected chi connectivity index (χ3v) is 4.92. The van der Waals surface area contributed by atoms with Crippen LogP contribution in [0, 0.1) is 11.2 Å². The molecule has 2 rings (SSSR count). The van der Waals surface area contributed by atoms with Crippen LogP contribution in [-0.2, 0) is 4.79 Å². The maximum atomic E-state index is 13.2. The highest BCUT2D eigenvalue weighted by molar-refractivity contribution is 9.10. The van der Waals surface area contributed by atoms with E-state index >= 15 is 0 Å². The van der Waals surface area contributed by atoms with Gasteiger partial charge in [0.1, 0.15) is 5.82 Å². The SMILES string of the molecule is NC(=S)C1(C(=O)Nc2c(Cl)cc(F)cc2Br)CCCC1. The van der Waals surface area contributed by atoms with E-state index in [4.69, 9.17) is 29.6 Å². The molecule has 0 bridgehead atoms. The number of halogens is 3. The van der Waals surface area contributed by atoms with E-state index in [2.05, 4.69) is 21.2 Å². The second-order valence-corrected chi connectivity index (χ2v) is 6.55. The van der Waals surface area contributed by atoms with E-state index in [0.717, 1.165) is 18.9 Å².